The molecule has 0 bridgehead atoms. The van der Waals surface area contributed by atoms with E-state index in [0.29, 0.717) is 12.1 Å². The average Bonchev–Trinajstić information content (AvgIpc) is 2.41. The Kier molecular flexibility index (Phi) is 5.62. The van der Waals surface area contributed by atoms with Gasteiger partial charge in [-0.3, -0.25) is 0 Å². The van der Waals surface area contributed by atoms with Crippen LogP contribution in [0.25, 0.3) is 0 Å². The molecule has 1 aliphatic rings. The Morgan fingerprint density at radius 2 is 1.70 bits per heavy atom. The smallest absolute Gasteiger partial charge is 0.0294 e. The minimum atomic E-state index is 0.455. The van der Waals surface area contributed by atoms with Gasteiger partial charge in [0.25, 0.3) is 0 Å². The second kappa shape index (κ2) is 7.24. The Hall–Kier alpha value is -0.860. The van der Waals surface area contributed by atoms with Gasteiger partial charge in [-0.15, -0.1) is 0 Å². The first-order valence-corrected chi connectivity index (χ1v) is 8.08. The van der Waals surface area contributed by atoms with Crippen LogP contribution >= 0.6 is 0 Å². The van der Waals surface area contributed by atoms with E-state index in [1.807, 2.05) is 0 Å². The molecule has 1 unspecified atom stereocenters. The molecule has 0 amide bonds. The van der Waals surface area contributed by atoms with E-state index in [2.05, 4.69) is 62.3 Å². The van der Waals surface area contributed by atoms with E-state index < -0.39 is 0 Å². The number of nitrogens with zero attached hydrogens (tertiary/aromatic N) is 1. The quantitative estimate of drug-likeness (QED) is 0.882. The molecule has 0 radical (unpaired) electrons. The fourth-order valence-corrected chi connectivity index (χ4v) is 3.04. The maximum absolute atomic E-state index is 3.79. The second-order valence-corrected chi connectivity index (χ2v) is 6.81. The van der Waals surface area contributed by atoms with Gasteiger partial charge in [0.1, 0.15) is 0 Å². The molecule has 1 heterocycles. The number of nitrogens with one attached hydrogen (secondary N) is 1. The summed E-state index contributed by atoms with van der Waals surface area (Å²) in [7, 11) is 2.22. The van der Waals surface area contributed by atoms with Crippen molar-refractivity contribution in [1.82, 2.24) is 10.2 Å². The maximum Gasteiger partial charge on any atom is 0.0294 e. The van der Waals surface area contributed by atoms with Crippen LogP contribution in [-0.4, -0.2) is 31.1 Å². The Balaban J connectivity index is 1.87. The molecule has 2 rings (SSSR count). The van der Waals surface area contributed by atoms with Gasteiger partial charge in [0.05, 0.1) is 0 Å². The first kappa shape index (κ1) is 15.5. The zero-order chi connectivity index (χ0) is 14.5. The van der Waals surface area contributed by atoms with E-state index >= 15 is 0 Å². The Morgan fingerprint density at radius 1 is 1.10 bits per heavy atom. The molecular weight excluding hydrogens is 244 g/mol. The van der Waals surface area contributed by atoms with Crippen molar-refractivity contribution >= 4 is 0 Å². The minimum absolute atomic E-state index is 0.455. The number of benzene rings is 1. The minimum Gasteiger partial charge on any atom is -0.307 e. The molecule has 0 spiro atoms. The van der Waals surface area contributed by atoms with Crippen LogP contribution in [0.4, 0.5) is 0 Å². The van der Waals surface area contributed by atoms with Gasteiger partial charge < -0.3 is 10.2 Å². The van der Waals surface area contributed by atoms with Gasteiger partial charge in [-0.1, -0.05) is 38.1 Å². The van der Waals surface area contributed by atoms with E-state index in [1.165, 1.54) is 43.5 Å². The summed E-state index contributed by atoms with van der Waals surface area (Å²) < 4.78 is 0. The molecule has 1 aromatic rings. The molecule has 1 aliphatic heterocycles. The third-order valence-electron chi connectivity index (χ3n) is 4.33. The second-order valence-electron chi connectivity index (χ2n) is 6.81. The number of piperidine rings is 1. The van der Waals surface area contributed by atoms with Crippen LogP contribution in [0.3, 0.4) is 0 Å². The van der Waals surface area contributed by atoms with Gasteiger partial charge in [-0.25, -0.2) is 0 Å². The van der Waals surface area contributed by atoms with Crippen LogP contribution in [0, 0.1) is 5.92 Å². The van der Waals surface area contributed by atoms with Gasteiger partial charge in [-0.05, 0) is 63.4 Å². The summed E-state index contributed by atoms with van der Waals surface area (Å²) in [6, 6.07) is 10.3. The van der Waals surface area contributed by atoms with Gasteiger partial charge >= 0.3 is 0 Å². The molecule has 112 valence electrons. The largest absolute Gasteiger partial charge is 0.307 e. The Labute approximate surface area is 124 Å². The normalized spacial score (nSPS) is 19.4. The molecule has 20 heavy (non-hydrogen) atoms. The zero-order valence-corrected chi connectivity index (χ0v) is 13.5. The maximum atomic E-state index is 3.79. The summed E-state index contributed by atoms with van der Waals surface area (Å²) >= 11 is 0. The van der Waals surface area contributed by atoms with Crippen molar-refractivity contribution < 1.29 is 0 Å². The van der Waals surface area contributed by atoms with E-state index in [-0.39, 0.29) is 0 Å². The highest BCUT2D eigenvalue weighted by Gasteiger charge is 2.18. The van der Waals surface area contributed by atoms with Crippen LogP contribution in [0.1, 0.15) is 50.8 Å². The lowest BCUT2D eigenvalue weighted by molar-refractivity contribution is 0.226. The van der Waals surface area contributed by atoms with Crippen LogP contribution in [-0.2, 0) is 6.42 Å². The number of likely N-dealkylation sites (tertiary alicyclic amines) is 1. The summed E-state index contributed by atoms with van der Waals surface area (Å²) in [4.78, 5) is 2.42. The molecule has 0 aromatic heterocycles. The molecule has 1 fully saturated rings. The molecule has 1 aromatic carbocycles. The highest BCUT2D eigenvalue weighted by Crippen LogP contribution is 2.18. The Morgan fingerprint density at radius 3 is 2.25 bits per heavy atom. The predicted molar refractivity (Wildman–Crippen MR) is 87.1 cm³/mol. The van der Waals surface area contributed by atoms with Crippen LogP contribution < -0.4 is 5.32 Å². The van der Waals surface area contributed by atoms with Crippen molar-refractivity contribution in [2.45, 2.75) is 52.1 Å². The molecule has 1 saturated heterocycles. The van der Waals surface area contributed by atoms with Crippen LogP contribution in [0.5, 0.6) is 0 Å². The third kappa shape index (κ3) is 4.60. The van der Waals surface area contributed by atoms with Crippen molar-refractivity contribution in [1.29, 1.82) is 0 Å². The lowest BCUT2D eigenvalue weighted by atomic mass is 9.98. The predicted octanol–water partition coefficient (Wildman–Crippen LogP) is 3.63. The highest BCUT2D eigenvalue weighted by atomic mass is 15.1. The van der Waals surface area contributed by atoms with E-state index in [1.54, 1.807) is 0 Å². The highest BCUT2D eigenvalue weighted by molar-refractivity contribution is 5.25. The van der Waals surface area contributed by atoms with Gasteiger partial charge in [0.15, 0.2) is 0 Å². The molecule has 0 saturated carbocycles. The molecule has 0 aliphatic carbocycles. The zero-order valence-electron chi connectivity index (χ0n) is 13.5. The average molecular weight is 274 g/mol. The fourth-order valence-electron chi connectivity index (χ4n) is 3.04. The van der Waals surface area contributed by atoms with Gasteiger partial charge in [0, 0.05) is 12.1 Å². The third-order valence-corrected chi connectivity index (χ3v) is 4.33. The van der Waals surface area contributed by atoms with Gasteiger partial charge in [0.2, 0.25) is 0 Å². The van der Waals surface area contributed by atoms with Crippen LogP contribution in [0.2, 0.25) is 0 Å². The molecule has 1 atom stereocenters. The van der Waals surface area contributed by atoms with Crippen molar-refractivity contribution in [3.63, 3.8) is 0 Å². The summed E-state index contributed by atoms with van der Waals surface area (Å²) in [5.74, 6) is 0.732. The van der Waals surface area contributed by atoms with E-state index in [0.717, 1.165) is 5.92 Å². The van der Waals surface area contributed by atoms with Crippen molar-refractivity contribution in [2.75, 3.05) is 20.1 Å². The first-order valence-electron chi connectivity index (χ1n) is 8.08. The molecule has 2 heteroatoms. The fraction of sp³-hybridized carbons (Fsp3) is 0.667. The standard InChI is InChI=1S/C18H30N2/c1-14(2)13-16-5-7-17(8-6-16)15(3)19-18-9-11-20(4)12-10-18/h5-8,14-15,18-19H,9-13H2,1-4H3. The van der Waals surface area contributed by atoms with Crippen molar-refractivity contribution in [3.8, 4) is 0 Å². The lowest BCUT2D eigenvalue weighted by Gasteiger charge is -2.31. The number of hydrogen-bond acceptors (Lipinski definition) is 2. The van der Waals surface area contributed by atoms with Crippen molar-refractivity contribution in [2.24, 2.45) is 5.92 Å². The van der Waals surface area contributed by atoms with Crippen LogP contribution in [0.15, 0.2) is 24.3 Å². The summed E-state index contributed by atoms with van der Waals surface area (Å²) in [6.45, 7) is 9.28. The number of rotatable bonds is 5. The SMILES string of the molecule is CC(C)Cc1ccc(C(C)NC2CCN(C)CC2)cc1. The summed E-state index contributed by atoms with van der Waals surface area (Å²) in [5.41, 5.74) is 2.87. The topological polar surface area (TPSA) is 15.3 Å². The van der Waals surface area contributed by atoms with Gasteiger partial charge in [-0.2, -0.15) is 0 Å². The lowest BCUT2D eigenvalue weighted by Crippen LogP contribution is -2.41. The Bertz CT molecular complexity index is 388. The van der Waals surface area contributed by atoms with Crippen molar-refractivity contribution in [3.05, 3.63) is 35.4 Å². The number of hydrogen-bond donors (Lipinski definition) is 1. The first-order chi connectivity index (χ1) is 9.54. The molecule has 1 N–H and O–H groups in total. The summed E-state index contributed by atoms with van der Waals surface area (Å²) in [6.07, 6.45) is 3.72. The van der Waals surface area contributed by atoms with E-state index in [4.69, 9.17) is 0 Å². The molecular formula is C18H30N2. The van der Waals surface area contributed by atoms with E-state index in [9.17, 15) is 0 Å². The molecule has 2 nitrogen and oxygen atoms in total. The summed E-state index contributed by atoms with van der Waals surface area (Å²) in [5, 5.41) is 3.79. The monoisotopic (exact) mass is 274 g/mol.